The van der Waals surface area contributed by atoms with Gasteiger partial charge in [0.05, 0.1) is 5.60 Å². The van der Waals surface area contributed by atoms with Gasteiger partial charge in [-0.2, -0.15) is 0 Å². The monoisotopic (exact) mass is 292 g/mol. The third-order valence-electron chi connectivity index (χ3n) is 3.03. The number of rotatable bonds is 6. The second kappa shape index (κ2) is 7.22. The number of likely N-dealkylation sites (N-methyl/N-ethyl adjacent to an activating group) is 1. The standard InChI is InChI=1S/C16H24N2O3/c1-5-18(11-16(3,4)21)15(20)12(2)17-14(19)13-9-7-6-8-10-13/h6-10,12,21H,5,11H2,1-4H3,(H,17,19). The third-order valence-corrected chi connectivity index (χ3v) is 3.03. The molecule has 0 saturated heterocycles. The van der Waals surface area contributed by atoms with E-state index in [-0.39, 0.29) is 18.4 Å². The number of hydrogen-bond acceptors (Lipinski definition) is 3. The van der Waals surface area contributed by atoms with E-state index < -0.39 is 11.6 Å². The van der Waals surface area contributed by atoms with Gasteiger partial charge in [0, 0.05) is 18.7 Å². The van der Waals surface area contributed by atoms with E-state index in [0.717, 1.165) is 0 Å². The molecule has 0 aliphatic rings. The maximum Gasteiger partial charge on any atom is 0.251 e. The van der Waals surface area contributed by atoms with Crippen molar-refractivity contribution in [2.24, 2.45) is 0 Å². The van der Waals surface area contributed by atoms with Crippen molar-refractivity contribution in [1.29, 1.82) is 0 Å². The predicted octanol–water partition coefficient (Wildman–Crippen LogP) is 1.42. The third kappa shape index (κ3) is 5.55. The molecule has 0 spiro atoms. The van der Waals surface area contributed by atoms with E-state index in [4.69, 9.17) is 0 Å². The minimum Gasteiger partial charge on any atom is -0.389 e. The molecule has 2 N–H and O–H groups in total. The van der Waals surface area contributed by atoms with E-state index in [1.54, 1.807) is 45.0 Å². The predicted molar refractivity (Wildman–Crippen MR) is 81.9 cm³/mol. The molecule has 1 atom stereocenters. The fraction of sp³-hybridized carbons (Fsp3) is 0.500. The molecule has 0 heterocycles. The maximum atomic E-state index is 12.3. The van der Waals surface area contributed by atoms with E-state index >= 15 is 0 Å². The van der Waals surface area contributed by atoms with Crippen LogP contribution in [0.1, 0.15) is 38.1 Å². The molecule has 5 heteroatoms. The molecule has 1 aromatic carbocycles. The Kier molecular flexibility index (Phi) is 5.90. The van der Waals surface area contributed by atoms with Crippen LogP contribution < -0.4 is 5.32 Å². The maximum absolute atomic E-state index is 12.3. The summed E-state index contributed by atoms with van der Waals surface area (Å²) < 4.78 is 0. The lowest BCUT2D eigenvalue weighted by Crippen LogP contribution is -2.50. The van der Waals surface area contributed by atoms with Crippen molar-refractivity contribution >= 4 is 11.8 Å². The molecule has 0 fully saturated rings. The first-order valence-electron chi connectivity index (χ1n) is 7.11. The molecule has 2 amide bonds. The second-order valence-corrected chi connectivity index (χ2v) is 5.73. The first-order valence-corrected chi connectivity index (χ1v) is 7.11. The molecule has 5 nitrogen and oxygen atoms in total. The van der Waals surface area contributed by atoms with Gasteiger partial charge in [-0.05, 0) is 39.8 Å². The molecule has 1 rings (SSSR count). The largest absolute Gasteiger partial charge is 0.389 e. The van der Waals surface area contributed by atoms with Gasteiger partial charge in [0.2, 0.25) is 5.91 Å². The minimum atomic E-state index is -0.963. The lowest BCUT2D eigenvalue weighted by atomic mass is 10.1. The number of carbonyl (C=O) groups is 2. The molecule has 0 aliphatic heterocycles. The zero-order valence-corrected chi connectivity index (χ0v) is 13.1. The summed E-state index contributed by atoms with van der Waals surface area (Å²) in [6.07, 6.45) is 0. The number of amides is 2. The van der Waals surface area contributed by atoms with E-state index in [2.05, 4.69) is 5.32 Å². The van der Waals surface area contributed by atoms with Crippen LogP contribution in [-0.4, -0.2) is 46.6 Å². The van der Waals surface area contributed by atoms with Gasteiger partial charge in [0.25, 0.3) is 5.91 Å². The van der Waals surface area contributed by atoms with Crippen LogP contribution in [0, 0.1) is 0 Å². The van der Waals surface area contributed by atoms with E-state index in [1.807, 2.05) is 13.0 Å². The van der Waals surface area contributed by atoms with Crippen molar-refractivity contribution in [2.75, 3.05) is 13.1 Å². The topological polar surface area (TPSA) is 69.6 Å². The Balaban J connectivity index is 2.67. The highest BCUT2D eigenvalue weighted by molar-refractivity contribution is 5.97. The van der Waals surface area contributed by atoms with Gasteiger partial charge in [-0.3, -0.25) is 9.59 Å². The number of nitrogens with zero attached hydrogens (tertiary/aromatic N) is 1. The molecule has 116 valence electrons. The highest BCUT2D eigenvalue weighted by Gasteiger charge is 2.25. The summed E-state index contributed by atoms with van der Waals surface area (Å²) in [6.45, 7) is 7.50. The van der Waals surface area contributed by atoms with Crippen LogP contribution in [0.25, 0.3) is 0 Å². The molecular weight excluding hydrogens is 268 g/mol. The van der Waals surface area contributed by atoms with E-state index in [1.165, 1.54) is 4.90 Å². The Morgan fingerprint density at radius 3 is 2.33 bits per heavy atom. The van der Waals surface area contributed by atoms with Crippen molar-refractivity contribution in [1.82, 2.24) is 10.2 Å². The van der Waals surface area contributed by atoms with E-state index in [0.29, 0.717) is 12.1 Å². The van der Waals surface area contributed by atoms with Crippen molar-refractivity contribution in [3.8, 4) is 0 Å². The zero-order chi connectivity index (χ0) is 16.0. The van der Waals surface area contributed by atoms with Crippen molar-refractivity contribution < 1.29 is 14.7 Å². The average molecular weight is 292 g/mol. The molecule has 1 aromatic rings. The van der Waals surface area contributed by atoms with Crippen LogP contribution in [0.4, 0.5) is 0 Å². The summed E-state index contributed by atoms with van der Waals surface area (Å²) in [5.41, 5.74) is -0.447. The highest BCUT2D eigenvalue weighted by atomic mass is 16.3. The van der Waals surface area contributed by atoms with E-state index in [9.17, 15) is 14.7 Å². The molecule has 0 radical (unpaired) electrons. The molecule has 0 aliphatic carbocycles. The highest BCUT2D eigenvalue weighted by Crippen LogP contribution is 2.07. The number of hydrogen-bond donors (Lipinski definition) is 2. The van der Waals surface area contributed by atoms with Gasteiger partial charge in [0.1, 0.15) is 6.04 Å². The summed E-state index contributed by atoms with van der Waals surface area (Å²) in [5, 5.41) is 12.5. The summed E-state index contributed by atoms with van der Waals surface area (Å²) >= 11 is 0. The summed E-state index contributed by atoms with van der Waals surface area (Å²) in [4.78, 5) is 25.9. The zero-order valence-electron chi connectivity index (χ0n) is 13.1. The number of carbonyl (C=O) groups excluding carboxylic acids is 2. The average Bonchev–Trinajstić information content (AvgIpc) is 2.43. The van der Waals surface area contributed by atoms with Gasteiger partial charge in [0.15, 0.2) is 0 Å². The van der Waals surface area contributed by atoms with Crippen LogP contribution in [0.3, 0.4) is 0 Å². The smallest absolute Gasteiger partial charge is 0.251 e. The van der Waals surface area contributed by atoms with Crippen molar-refractivity contribution in [3.63, 3.8) is 0 Å². The molecular formula is C16H24N2O3. The molecule has 0 bridgehead atoms. The Bertz CT molecular complexity index is 480. The van der Waals surface area contributed by atoms with Crippen LogP contribution in [0.15, 0.2) is 30.3 Å². The Hall–Kier alpha value is -1.88. The van der Waals surface area contributed by atoms with Gasteiger partial charge >= 0.3 is 0 Å². The Labute approximate surface area is 126 Å². The second-order valence-electron chi connectivity index (χ2n) is 5.73. The van der Waals surface area contributed by atoms with Crippen LogP contribution in [0.5, 0.6) is 0 Å². The lowest BCUT2D eigenvalue weighted by Gasteiger charge is -2.30. The van der Waals surface area contributed by atoms with Gasteiger partial charge in [-0.15, -0.1) is 0 Å². The van der Waals surface area contributed by atoms with Crippen LogP contribution in [0.2, 0.25) is 0 Å². The number of benzene rings is 1. The fourth-order valence-corrected chi connectivity index (χ4v) is 2.02. The normalized spacial score (nSPS) is 12.6. The summed E-state index contributed by atoms with van der Waals surface area (Å²) in [6, 6.07) is 8.12. The fourth-order valence-electron chi connectivity index (χ4n) is 2.02. The van der Waals surface area contributed by atoms with Crippen LogP contribution >= 0.6 is 0 Å². The number of aliphatic hydroxyl groups is 1. The Morgan fingerprint density at radius 1 is 1.29 bits per heavy atom. The van der Waals surface area contributed by atoms with Crippen molar-refractivity contribution in [2.45, 2.75) is 39.3 Å². The quantitative estimate of drug-likeness (QED) is 0.833. The Morgan fingerprint density at radius 2 is 1.86 bits per heavy atom. The number of nitrogens with one attached hydrogen (secondary N) is 1. The van der Waals surface area contributed by atoms with Gasteiger partial charge < -0.3 is 15.3 Å². The minimum absolute atomic E-state index is 0.205. The molecule has 0 saturated carbocycles. The summed E-state index contributed by atoms with van der Waals surface area (Å²) in [7, 11) is 0. The molecule has 21 heavy (non-hydrogen) atoms. The summed E-state index contributed by atoms with van der Waals surface area (Å²) in [5.74, 6) is -0.486. The lowest BCUT2D eigenvalue weighted by molar-refractivity contribution is -0.135. The molecule has 0 aromatic heterocycles. The van der Waals surface area contributed by atoms with Gasteiger partial charge in [-0.1, -0.05) is 18.2 Å². The molecule has 1 unspecified atom stereocenters. The van der Waals surface area contributed by atoms with Crippen LogP contribution in [-0.2, 0) is 4.79 Å². The van der Waals surface area contributed by atoms with Crippen molar-refractivity contribution in [3.05, 3.63) is 35.9 Å². The first-order chi connectivity index (χ1) is 9.74. The first kappa shape index (κ1) is 17.2. The van der Waals surface area contributed by atoms with Gasteiger partial charge in [-0.25, -0.2) is 0 Å². The SMILES string of the molecule is CCN(CC(C)(C)O)C(=O)C(C)NC(=O)c1ccccc1.